The lowest BCUT2D eigenvalue weighted by atomic mass is 10.0. The quantitative estimate of drug-likeness (QED) is 0.240. The fraction of sp³-hybridized carbons (Fsp3) is 0.250. The fourth-order valence-corrected chi connectivity index (χ4v) is 4.70. The van der Waals surface area contributed by atoms with Crippen molar-refractivity contribution in [1.82, 2.24) is 5.32 Å². The molecule has 0 radical (unpaired) electrons. The van der Waals surface area contributed by atoms with Crippen molar-refractivity contribution in [3.63, 3.8) is 0 Å². The lowest BCUT2D eigenvalue weighted by molar-refractivity contribution is -0.139. The molecule has 1 aliphatic heterocycles. The molecule has 0 spiro atoms. The molecule has 190 valence electrons. The molecular weight excluding hydrogens is 498 g/mol. The van der Waals surface area contributed by atoms with Crippen LogP contribution in [0.5, 0.6) is 5.75 Å². The summed E-state index contributed by atoms with van der Waals surface area (Å²) in [6.07, 6.45) is 3.33. The molecule has 0 aromatic heterocycles. The van der Waals surface area contributed by atoms with Gasteiger partial charge in [-0.1, -0.05) is 18.2 Å². The van der Waals surface area contributed by atoms with Crippen LogP contribution in [0.4, 0.5) is 8.78 Å². The van der Waals surface area contributed by atoms with Gasteiger partial charge in [-0.15, -0.1) is 11.8 Å². The number of halogens is 2. The van der Waals surface area contributed by atoms with Crippen molar-refractivity contribution in [2.24, 2.45) is 0 Å². The van der Waals surface area contributed by atoms with E-state index in [1.807, 2.05) is 0 Å². The molecule has 0 amide bonds. The molecular formula is C28H24F2N2O4S. The van der Waals surface area contributed by atoms with Crippen LogP contribution in [0.25, 0.3) is 11.1 Å². The van der Waals surface area contributed by atoms with Gasteiger partial charge in [0, 0.05) is 4.90 Å². The third-order valence-electron chi connectivity index (χ3n) is 5.92. The van der Waals surface area contributed by atoms with Crippen molar-refractivity contribution in [2.75, 3.05) is 12.8 Å². The number of hydrogen-bond donors (Lipinski definition) is 1. The topological polar surface area (TPSA) is 88.4 Å². The second-order valence-corrected chi connectivity index (χ2v) is 9.36. The summed E-state index contributed by atoms with van der Waals surface area (Å²) in [5.74, 6) is -2.68. The van der Waals surface area contributed by atoms with E-state index in [4.69, 9.17) is 14.7 Å². The second kappa shape index (κ2) is 12.0. The second-order valence-electron chi connectivity index (χ2n) is 8.51. The first kappa shape index (κ1) is 26.3. The summed E-state index contributed by atoms with van der Waals surface area (Å²) in [7, 11) is 0. The predicted octanol–water partition coefficient (Wildman–Crippen LogP) is 5.43. The van der Waals surface area contributed by atoms with Gasteiger partial charge in [-0.05, 0) is 84.3 Å². The largest absolute Gasteiger partial charge is 0.489 e. The van der Waals surface area contributed by atoms with Crippen LogP contribution in [0.1, 0.15) is 34.3 Å². The highest BCUT2D eigenvalue weighted by atomic mass is 32.2. The molecule has 1 saturated heterocycles. The van der Waals surface area contributed by atoms with E-state index in [-0.39, 0.29) is 18.6 Å². The van der Waals surface area contributed by atoms with E-state index in [0.29, 0.717) is 45.9 Å². The van der Waals surface area contributed by atoms with Gasteiger partial charge in [-0.25, -0.2) is 18.4 Å². The smallest absolute Gasteiger partial charge is 0.345 e. The summed E-state index contributed by atoms with van der Waals surface area (Å²) < 4.78 is 38.3. The van der Waals surface area contributed by atoms with E-state index in [1.165, 1.54) is 30.0 Å². The Hall–Kier alpha value is -3.74. The fourth-order valence-electron chi connectivity index (χ4n) is 4.08. The Bertz CT molecular complexity index is 1350. The zero-order chi connectivity index (χ0) is 26.4. The molecule has 1 unspecified atom stereocenters. The summed E-state index contributed by atoms with van der Waals surface area (Å²) in [6.45, 7) is 0.797. The van der Waals surface area contributed by atoms with Crippen LogP contribution in [-0.4, -0.2) is 30.8 Å². The Morgan fingerprint density at radius 2 is 1.81 bits per heavy atom. The van der Waals surface area contributed by atoms with Gasteiger partial charge in [0.05, 0.1) is 18.1 Å². The summed E-state index contributed by atoms with van der Waals surface area (Å²) in [6, 6.07) is 15.7. The molecule has 1 heterocycles. The van der Waals surface area contributed by atoms with Crippen LogP contribution in [0.15, 0.2) is 59.5 Å². The summed E-state index contributed by atoms with van der Waals surface area (Å²) in [5, 5.41) is 12.1. The van der Waals surface area contributed by atoms with E-state index >= 15 is 0 Å². The van der Waals surface area contributed by atoms with E-state index in [1.54, 1.807) is 42.7 Å². The van der Waals surface area contributed by atoms with Crippen LogP contribution >= 0.6 is 11.8 Å². The predicted molar refractivity (Wildman–Crippen MR) is 135 cm³/mol. The van der Waals surface area contributed by atoms with Crippen molar-refractivity contribution in [2.45, 2.75) is 36.8 Å². The Balaban J connectivity index is 1.47. The summed E-state index contributed by atoms with van der Waals surface area (Å²) in [5.41, 5.74) is 2.67. The molecule has 9 heteroatoms. The summed E-state index contributed by atoms with van der Waals surface area (Å²) in [4.78, 5) is 25.4. The number of nitrogens with zero attached hydrogens (tertiary/aromatic N) is 1. The molecule has 0 aliphatic carbocycles. The molecule has 37 heavy (non-hydrogen) atoms. The van der Waals surface area contributed by atoms with Crippen molar-refractivity contribution in [3.05, 3.63) is 82.9 Å². The zero-order valence-electron chi connectivity index (χ0n) is 20.1. The number of carbonyl (C=O) groups excluding carboxylic acids is 2. The van der Waals surface area contributed by atoms with E-state index < -0.39 is 29.6 Å². The van der Waals surface area contributed by atoms with Gasteiger partial charge in [0.15, 0.2) is 11.6 Å². The van der Waals surface area contributed by atoms with Crippen LogP contribution in [-0.2, 0) is 22.6 Å². The Kier molecular flexibility index (Phi) is 8.54. The SMILES string of the molecule is CSc1cc(F)c(F)cc1-c1ccc(OCc2cc(CC#N)cc(C(=O)OC(=O)C3CCCN3)c2)cc1. The minimum atomic E-state index is -0.916. The standard InChI is InChI=1S/C28H24F2N2O4S/c1-37-26-15-24(30)23(29)14-22(26)19-4-6-21(7-5-19)35-16-18-11-17(8-9-31)12-20(13-18)27(33)36-28(34)25-3-2-10-32-25/h4-7,11-15,25,32H,2-3,8,10,16H2,1H3. The van der Waals surface area contributed by atoms with E-state index in [2.05, 4.69) is 11.4 Å². The molecule has 1 aliphatic rings. The number of hydrogen-bond acceptors (Lipinski definition) is 7. The average molecular weight is 523 g/mol. The maximum Gasteiger partial charge on any atom is 0.345 e. The lowest BCUT2D eigenvalue weighted by Crippen LogP contribution is -2.33. The van der Waals surface area contributed by atoms with Crippen molar-refractivity contribution >= 4 is 23.7 Å². The van der Waals surface area contributed by atoms with Crippen LogP contribution in [0.2, 0.25) is 0 Å². The number of nitriles is 1. The first-order valence-corrected chi connectivity index (χ1v) is 12.9. The average Bonchev–Trinajstić information content (AvgIpc) is 3.44. The third-order valence-corrected chi connectivity index (χ3v) is 6.70. The Morgan fingerprint density at radius 1 is 1.08 bits per heavy atom. The van der Waals surface area contributed by atoms with Gasteiger partial charge in [0.2, 0.25) is 0 Å². The molecule has 1 atom stereocenters. The molecule has 0 bridgehead atoms. The molecule has 1 fully saturated rings. The highest BCUT2D eigenvalue weighted by Gasteiger charge is 2.26. The molecule has 1 N–H and O–H groups in total. The summed E-state index contributed by atoms with van der Waals surface area (Å²) >= 11 is 1.32. The van der Waals surface area contributed by atoms with Gasteiger partial charge >= 0.3 is 11.9 Å². The molecule has 3 aromatic rings. The Morgan fingerprint density at radius 3 is 2.49 bits per heavy atom. The van der Waals surface area contributed by atoms with Gasteiger partial charge in [0.1, 0.15) is 18.4 Å². The van der Waals surface area contributed by atoms with Gasteiger partial charge < -0.3 is 14.8 Å². The van der Waals surface area contributed by atoms with Gasteiger partial charge in [-0.3, -0.25) is 0 Å². The number of carbonyl (C=O) groups is 2. The van der Waals surface area contributed by atoms with Crippen molar-refractivity contribution in [1.29, 1.82) is 5.26 Å². The number of benzene rings is 3. The number of esters is 2. The minimum absolute atomic E-state index is 0.0763. The van der Waals surface area contributed by atoms with Crippen LogP contribution in [0, 0.1) is 23.0 Å². The number of nitrogens with one attached hydrogen (secondary N) is 1. The maximum absolute atomic E-state index is 13.8. The molecule has 4 rings (SSSR count). The zero-order valence-corrected chi connectivity index (χ0v) is 20.9. The van der Waals surface area contributed by atoms with Crippen LogP contribution < -0.4 is 10.1 Å². The van der Waals surface area contributed by atoms with Crippen molar-refractivity contribution < 1.29 is 27.8 Å². The monoisotopic (exact) mass is 522 g/mol. The number of rotatable bonds is 8. The molecule has 3 aromatic carbocycles. The van der Waals surface area contributed by atoms with E-state index in [9.17, 15) is 18.4 Å². The van der Waals surface area contributed by atoms with E-state index in [0.717, 1.165) is 6.42 Å². The van der Waals surface area contributed by atoms with Crippen LogP contribution in [0.3, 0.4) is 0 Å². The lowest BCUT2D eigenvalue weighted by Gasteiger charge is -2.12. The third kappa shape index (κ3) is 6.53. The Labute approximate surface area is 217 Å². The maximum atomic E-state index is 13.8. The molecule has 6 nitrogen and oxygen atoms in total. The highest BCUT2D eigenvalue weighted by Crippen LogP contribution is 2.33. The normalized spacial score (nSPS) is 14.7. The number of thioether (sulfide) groups is 1. The minimum Gasteiger partial charge on any atom is -0.489 e. The van der Waals surface area contributed by atoms with Gasteiger partial charge in [0.25, 0.3) is 0 Å². The number of ether oxygens (including phenoxy) is 2. The van der Waals surface area contributed by atoms with Crippen molar-refractivity contribution in [3.8, 4) is 22.9 Å². The highest BCUT2D eigenvalue weighted by molar-refractivity contribution is 7.98. The van der Waals surface area contributed by atoms with Gasteiger partial charge in [-0.2, -0.15) is 5.26 Å². The first-order valence-electron chi connectivity index (χ1n) is 11.6. The molecule has 0 saturated carbocycles. The first-order chi connectivity index (χ1) is 17.9.